The zero-order chi connectivity index (χ0) is 19.2. The average Bonchev–Trinajstić information content (AvgIpc) is 3.67. The van der Waals surface area contributed by atoms with Crippen molar-refractivity contribution in [2.75, 3.05) is 13.2 Å². The van der Waals surface area contributed by atoms with Crippen LogP contribution in [0.3, 0.4) is 0 Å². The smallest absolute Gasteiger partial charge is 0.136 e. The van der Waals surface area contributed by atoms with E-state index in [0.29, 0.717) is 12.2 Å². The highest BCUT2D eigenvalue weighted by molar-refractivity contribution is 5.89. The largest absolute Gasteiger partial charge is 0.456 e. The lowest BCUT2D eigenvalue weighted by Gasteiger charge is -2.10. The Morgan fingerprint density at radius 2 is 1.21 bits per heavy atom. The second kappa shape index (κ2) is 6.94. The summed E-state index contributed by atoms with van der Waals surface area (Å²) in [5.74, 6) is 1.80. The first-order valence-corrected chi connectivity index (χ1v) is 10.4. The van der Waals surface area contributed by atoms with Crippen molar-refractivity contribution in [3.8, 4) is 11.5 Å². The molecule has 0 N–H and O–H groups in total. The Hall–Kier alpha value is -2.76. The van der Waals surface area contributed by atoms with Crippen molar-refractivity contribution in [1.29, 1.82) is 0 Å². The van der Waals surface area contributed by atoms with Crippen LogP contribution in [0.2, 0.25) is 0 Å². The van der Waals surface area contributed by atoms with Gasteiger partial charge in [0.25, 0.3) is 0 Å². The highest BCUT2D eigenvalue weighted by Gasteiger charge is 2.23. The fraction of sp³-hybridized carbons (Fsp3) is 0.333. The van der Waals surface area contributed by atoms with Crippen molar-refractivity contribution in [3.05, 3.63) is 60.9 Å². The predicted octanol–water partition coefficient (Wildman–Crippen LogP) is 4.97. The lowest BCUT2D eigenvalue weighted by Crippen LogP contribution is -1.99. The Kier molecular flexibility index (Phi) is 4.10. The maximum Gasteiger partial charge on any atom is 0.136 e. The molecule has 29 heavy (non-hydrogen) atoms. The van der Waals surface area contributed by atoms with E-state index in [0.717, 1.165) is 61.4 Å². The van der Waals surface area contributed by atoms with Gasteiger partial charge >= 0.3 is 0 Å². The molecule has 2 aliphatic rings. The SMILES string of the molecule is c1cc(Oc2cccc3c2ccn3CC[C@H]2CO2)c2ccn(CC[C@H]3CO3)c2c1. The molecular weight excluding hydrogens is 364 g/mol. The number of aromatic nitrogens is 2. The van der Waals surface area contributed by atoms with E-state index in [4.69, 9.17) is 14.2 Å². The fourth-order valence-electron chi connectivity index (χ4n) is 4.11. The van der Waals surface area contributed by atoms with Crippen LogP contribution < -0.4 is 4.74 Å². The van der Waals surface area contributed by atoms with E-state index in [1.54, 1.807) is 0 Å². The molecule has 2 atom stereocenters. The monoisotopic (exact) mass is 388 g/mol. The first-order valence-electron chi connectivity index (χ1n) is 10.4. The molecule has 0 amide bonds. The third-order valence-electron chi connectivity index (χ3n) is 5.96. The molecule has 2 saturated heterocycles. The summed E-state index contributed by atoms with van der Waals surface area (Å²) in [5.41, 5.74) is 2.41. The van der Waals surface area contributed by atoms with Gasteiger partial charge in [0, 0.05) is 36.3 Å². The molecule has 6 rings (SSSR count). The molecule has 0 bridgehead atoms. The van der Waals surface area contributed by atoms with Crippen LogP contribution in [0.1, 0.15) is 12.8 Å². The quantitative estimate of drug-likeness (QED) is 0.401. The number of nitrogens with zero attached hydrogens (tertiary/aromatic N) is 2. The van der Waals surface area contributed by atoms with E-state index in [-0.39, 0.29) is 0 Å². The first kappa shape index (κ1) is 17.1. The van der Waals surface area contributed by atoms with Crippen LogP contribution in [0.25, 0.3) is 21.8 Å². The number of hydrogen-bond donors (Lipinski definition) is 0. The number of epoxide rings is 2. The maximum atomic E-state index is 6.43. The van der Waals surface area contributed by atoms with E-state index in [1.165, 1.54) is 11.0 Å². The zero-order valence-corrected chi connectivity index (χ0v) is 16.3. The number of fused-ring (bicyclic) bond motifs is 2. The second-order valence-corrected chi connectivity index (χ2v) is 7.99. The third kappa shape index (κ3) is 3.41. The maximum absolute atomic E-state index is 6.43. The van der Waals surface area contributed by atoms with Crippen molar-refractivity contribution >= 4 is 21.8 Å². The van der Waals surface area contributed by atoms with Gasteiger partial charge in [0.1, 0.15) is 11.5 Å². The van der Waals surface area contributed by atoms with Crippen LogP contribution in [0, 0.1) is 0 Å². The number of rotatable bonds is 8. The van der Waals surface area contributed by atoms with Crippen molar-refractivity contribution in [2.24, 2.45) is 0 Å². The summed E-state index contributed by atoms with van der Waals surface area (Å²) in [4.78, 5) is 0. The van der Waals surface area contributed by atoms with Crippen molar-refractivity contribution in [1.82, 2.24) is 9.13 Å². The van der Waals surface area contributed by atoms with Crippen LogP contribution in [0.15, 0.2) is 60.9 Å². The van der Waals surface area contributed by atoms with Gasteiger partial charge in [0.05, 0.1) is 36.5 Å². The van der Waals surface area contributed by atoms with Gasteiger partial charge in [-0.1, -0.05) is 12.1 Å². The van der Waals surface area contributed by atoms with Gasteiger partial charge in [-0.25, -0.2) is 0 Å². The minimum absolute atomic E-state index is 0.444. The highest BCUT2D eigenvalue weighted by Crippen LogP contribution is 2.35. The number of hydrogen-bond acceptors (Lipinski definition) is 3. The first-order chi connectivity index (χ1) is 14.3. The second-order valence-electron chi connectivity index (χ2n) is 7.99. The van der Waals surface area contributed by atoms with Crippen molar-refractivity contribution in [2.45, 2.75) is 38.1 Å². The number of aryl methyl sites for hydroxylation is 2. The Morgan fingerprint density at radius 3 is 1.66 bits per heavy atom. The van der Waals surface area contributed by atoms with Crippen LogP contribution in [-0.2, 0) is 22.6 Å². The van der Waals surface area contributed by atoms with Crippen molar-refractivity contribution in [3.63, 3.8) is 0 Å². The minimum Gasteiger partial charge on any atom is -0.456 e. The summed E-state index contributed by atoms with van der Waals surface area (Å²) >= 11 is 0. The highest BCUT2D eigenvalue weighted by atomic mass is 16.6. The molecule has 4 aromatic rings. The number of ether oxygens (including phenoxy) is 3. The van der Waals surface area contributed by atoms with Gasteiger partial charge in [-0.3, -0.25) is 0 Å². The van der Waals surface area contributed by atoms with Crippen LogP contribution in [0.5, 0.6) is 11.5 Å². The Balaban J connectivity index is 1.29. The summed E-state index contributed by atoms with van der Waals surface area (Å²) in [7, 11) is 0. The van der Waals surface area contributed by atoms with Gasteiger partial charge in [0.2, 0.25) is 0 Å². The molecule has 0 unspecified atom stereocenters. The van der Waals surface area contributed by atoms with E-state index >= 15 is 0 Å². The predicted molar refractivity (Wildman–Crippen MR) is 113 cm³/mol. The summed E-state index contributed by atoms with van der Waals surface area (Å²) in [6.07, 6.45) is 7.31. The lowest BCUT2D eigenvalue weighted by molar-refractivity contribution is 0.386. The van der Waals surface area contributed by atoms with Crippen LogP contribution in [0.4, 0.5) is 0 Å². The molecule has 0 spiro atoms. The normalized spacial score (nSPS) is 20.4. The summed E-state index contributed by atoms with van der Waals surface area (Å²) in [5, 5.41) is 2.29. The molecule has 2 fully saturated rings. The van der Waals surface area contributed by atoms with Crippen LogP contribution in [-0.4, -0.2) is 34.6 Å². The fourth-order valence-corrected chi connectivity index (χ4v) is 4.11. The molecule has 148 valence electrons. The van der Waals surface area contributed by atoms with Gasteiger partial charge < -0.3 is 23.3 Å². The molecule has 4 heterocycles. The Morgan fingerprint density at radius 1 is 0.724 bits per heavy atom. The molecule has 0 radical (unpaired) electrons. The minimum atomic E-state index is 0.444. The molecule has 0 aliphatic carbocycles. The summed E-state index contributed by atoms with van der Waals surface area (Å²) < 4.78 is 21.7. The van der Waals surface area contributed by atoms with E-state index in [9.17, 15) is 0 Å². The summed E-state index contributed by atoms with van der Waals surface area (Å²) in [6, 6.07) is 16.9. The molecular formula is C24H24N2O3. The van der Waals surface area contributed by atoms with Gasteiger partial charge in [-0.15, -0.1) is 0 Å². The van der Waals surface area contributed by atoms with E-state index in [1.807, 2.05) is 0 Å². The number of benzene rings is 2. The van der Waals surface area contributed by atoms with E-state index < -0.39 is 0 Å². The third-order valence-corrected chi connectivity index (χ3v) is 5.96. The molecule has 5 heteroatoms. The molecule has 2 aromatic carbocycles. The average molecular weight is 388 g/mol. The van der Waals surface area contributed by atoms with Gasteiger partial charge in [-0.2, -0.15) is 0 Å². The molecule has 0 saturated carbocycles. The standard InChI is InChI=1S/C24H24N2O3/c1-3-21-19(9-13-25(21)11-7-17-15-27-17)23(5-1)29-24-6-2-4-22-20(24)10-14-26(22)12-8-18-16-28-18/h1-6,9-10,13-14,17-18H,7-8,11-12,15-16H2/t17-,18-/m0/s1. The Bertz CT molecular complexity index is 1080. The topological polar surface area (TPSA) is 44.1 Å². The molecule has 5 nitrogen and oxygen atoms in total. The lowest BCUT2D eigenvalue weighted by atomic mass is 10.2. The van der Waals surface area contributed by atoms with Gasteiger partial charge in [-0.05, 0) is 49.2 Å². The van der Waals surface area contributed by atoms with E-state index in [2.05, 4.69) is 70.1 Å². The molecule has 2 aromatic heterocycles. The van der Waals surface area contributed by atoms with Crippen LogP contribution >= 0.6 is 0 Å². The summed E-state index contributed by atoms with van der Waals surface area (Å²) in [6.45, 7) is 3.76. The molecule has 2 aliphatic heterocycles. The van der Waals surface area contributed by atoms with Gasteiger partial charge in [0.15, 0.2) is 0 Å². The zero-order valence-electron chi connectivity index (χ0n) is 16.3. The van der Waals surface area contributed by atoms with Crippen molar-refractivity contribution < 1.29 is 14.2 Å². The Labute approximate surface area is 169 Å².